The summed E-state index contributed by atoms with van der Waals surface area (Å²) in [5.41, 5.74) is 6.09. The monoisotopic (exact) mass is 228 g/mol. The summed E-state index contributed by atoms with van der Waals surface area (Å²) >= 11 is 0. The zero-order valence-corrected chi connectivity index (χ0v) is 11.2. The Hall–Kier alpha value is -0.120. The number of ether oxygens (including phenoxy) is 1. The summed E-state index contributed by atoms with van der Waals surface area (Å²) in [5.74, 6) is 0. The summed E-state index contributed by atoms with van der Waals surface area (Å²) in [6.45, 7) is 8.32. The van der Waals surface area contributed by atoms with Crippen molar-refractivity contribution in [3.8, 4) is 0 Å². The number of likely N-dealkylation sites (N-methyl/N-ethyl adjacent to an activating group) is 1. The smallest absolute Gasteiger partial charge is 0.0701 e. The number of hydrogen-bond donors (Lipinski definition) is 1. The molecule has 0 aliphatic carbocycles. The molecule has 1 fully saturated rings. The number of nitrogens with zero attached hydrogens (tertiary/aromatic N) is 1. The largest absolute Gasteiger partial charge is 0.377 e. The van der Waals surface area contributed by atoms with Crippen molar-refractivity contribution < 1.29 is 4.74 Å². The van der Waals surface area contributed by atoms with Gasteiger partial charge in [-0.15, -0.1) is 0 Å². The summed E-state index contributed by atoms with van der Waals surface area (Å²) in [7, 11) is 2.18. The van der Waals surface area contributed by atoms with Gasteiger partial charge in [0.2, 0.25) is 0 Å². The van der Waals surface area contributed by atoms with E-state index in [1.165, 1.54) is 19.3 Å². The maximum atomic E-state index is 5.84. The molecule has 2 N–H and O–H groups in total. The van der Waals surface area contributed by atoms with Crippen LogP contribution in [0.25, 0.3) is 0 Å². The molecule has 3 nitrogen and oxygen atoms in total. The minimum Gasteiger partial charge on any atom is -0.377 e. The molecule has 1 aliphatic rings. The lowest BCUT2D eigenvalue weighted by molar-refractivity contribution is -0.00682. The molecule has 0 bridgehead atoms. The maximum absolute atomic E-state index is 5.84. The molecule has 16 heavy (non-hydrogen) atoms. The Kier molecular flexibility index (Phi) is 5.73. The van der Waals surface area contributed by atoms with Gasteiger partial charge in [0, 0.05) is 19.7 Å². The van der Waals surface area contributed by atoms with E-state index in [1.54, 1.807) is 0 Å². The number of nitrogens with two attached hydrogens (primary N) is 1. The standard InChI is InChI=1S/C13H28N2O/c1-4-13(2,10-14)11-15(3)9-12-7-5-6-8-16-12/h12H,4-11,14H2,1-3H3. The second-order valence-corrected chi connectivity index (χ2v) is 5.55. The summed E-state index contributed by atoms with van der Waals surface area (Å²) < 4.78 is 5.76. The highest BCUT2D eigenvalue weighted by Crippen LogP contribution is 2.21. The van der Waals surface area contributed by atoms with Gasteiger partial charge in [0.15, 0.2) is 0 Å². The first-order valence-electron chi connectivity index (χ1n) is 6.60. The Balaban J connectivity index is 2.30. The van der Waals surface area contributed by atoms with E-state index in [0.717, 1.165) is 32.7 Å². The van der Waals surface area contributed by atoms with Crippen LogP contribution in [0.1, 0.15) is 39.5 Å². The van der Waals surface area contributed by atoms with E-state index in [4.69, 9.17) is 10.5 Å². The fraction of sp³-hybridized carbons (Fsp3) is 1.00. The van der Waals surface area contributed by atoms with E-state index >= 15 is 0 Å². The molecule has 1 aliphatic heterocycles. The third kappa shape index (κ3) is 4.40. The van der Waals surface area contributed by atoms with Crippen molar-refractivity contribution in [1.29, 1.82) is 0 Å². The first-order chi connectivity index (χ1) is 7.59. The molecule has 0 aromatic rings. The Morgan fingerprint density at radius 2 is 2.19 bits per heavy atom. The SMILES string of the molecule is CCC(C)(CN)CN(C)CC1CCCCO1. The van der Waals surface area contributed by atoms with Crippen molar-refractivity contribution in [2.24, 2.45) is 11.1 Å². The van der Waals surface area contributed by atoms with E-state index < -0.39 is 0 Å². The molecular formula is C13H28N2O. The molecule has 2 atom stereocenters. The second kappa shape index (κ2) is 6.58. The van der Waals surface area contributed by atoms with Gasteiger partial charge in [-0.05, 0) is 44.7 Å². The van der Waals surface area contributed by atoms with E-state index in [0.29, 0.717) is 6.10 Å². The number of rotatable bonds is 6. The van der Waals surface area contributed by atoms with Gasteiger partial charge in [-0.25, -0.2) is 0 Å². The highest BCUT2D eigenvalue weighted by Gasteiger charge is 2.24. The van der Waals surface area contributed by atoms with Crippen molar-refractivity contribution in [1.82, 2.24) is 4.90 Å². The molecule has 1 saturated heterocycles. The fourth-order valence-corrected chi connectivity index (χ4v) is 2.34. The Morgan fingerprint density at radius 1 is 1.44 bits per heavy atom. The molecule has 1 heterocycles. The summed E-state index contributed by atoms with van der Waals surface area (Å²) in [4.78, 5) is 2.38. The van der Waals surface area contributed by atoms with Gasteiger partial charge in [0.05, 0.1) is 6.10 Å². The summed E-state index contributed by atoms with van der Waals surface area (Å²) in [6, 6.07) is 0. The first-order valence-corrected chi connectivity index (χ1v) is 6.60. The predicted molar refractivity (Wildman–Crippen MR) is 68.5 cm³/mol. The van der Waals surface area contributed by atoms with Crippen molar-refractivity contribution >= 4 is 0 Å². The van der Waals surface area contributed by atoms with Crippen molar-refractivity contribution in [3.05, 3.63) is 0 Å². The topological polar surface area (TPSA) is 38.5 Å². The van der Waals surface area contributed by atoms with Gasteiger partial charge in [-0.3, -0.25) is 0 Å². The Labute approximate surface area is 100 Å². The van der Waals surface area contributed by atoms with Crippen LogP contribution in [-0.4, -0.2) is 44.3 Å². The van der Waals surface area contributed by atoms with Crippen LogP contribution in [-0.2, 0) is 4.74 Å². The van der Waals surface area contributed by atoms with Crippen LogP contribution in [0, 0.1) is 5.41 Å². The fourth-order valence-electron chi connectivity index (χ4n) is 2.34. The first kappa shape index (κ1) is 13.9. The molecule has 0 spiro atoms. The molecule has 0 aromatic carbocycles. The molecule has 0 radical (unpaired) electrons. The molecule has 3 heteroatoms. The average molecular weight is 228 g/mol. The van der Waals surface area contributed by atoms with Gasteiger partial charge in [0.25, 0.3) is 0 Å². The van der Waals surface area contributed by atoms with Gasteiger partial charge in [-0.1, -0.05) is 13.8 Å². The van der Waals surface area contributed by atoms with Crippen LogP contribution in [0.4, 0.5) is 0 Å². The zero-order chi connectivity index (χ0) is 12.0. The lowest BCUT2D eigenvalue weighted by atomic mass is 9.87. The zero-order valence-electron chi connectivity index (χ0n) is 11.2. The van der Waals surface area contributed by atoms with Crippen LogP contribution in [0.5, 0.6) is 0 Å². The van der Waals surface area contributed by atoms with E-state index in [9.17, 15) is 0 Å². The molecule has 1 rings (SSSR count). The molecule has 0 saturated carbocycles. The number of hydrogen-bond acceptors (Lipinski definition) is 3. The Bertz CT molecular complexity index is 186. The van der Waals surface area contributed by atoms with Crippen LogP contribution in [0.3, 0.4) is 0 Å². The van der Waals surface area contributed by atoms with Crippen molar-refractivity contribution in [2.45, 2.75) is 45.6 Å². The summed E-state index contributed by atoms with van der Waals surface area (Å²) in [5, 5.41) is 0. The third-order valence-electron chi connectivity index (χ3n) is 3.79. The van der Waals surface area contributed by atoms with Crippen molar-refractivity contribution in [3.63, 3.8) is 0 Å². The highest BCUT2D eigenvalue weighted by molar-refractivity contribution is 4.78. The molecular weight excluding hydrogens is 200 g/mol. The van der Waals surface area contributed by atoms with Gasteiger partial charge < -0.3 is 15.4 Å². The van der Waals surface area contributed by atoms with Crippen LogP contribution < -0.4 is 5.73 Å². The minimum absolute atomic E-state index is 0.253. The van der Waals surface area contributed by atoms with Crippen LogP contribution in [0.15, 0.2) is 0 Å². The van der Waals surface area contributed by atoms with E-state index in [2.05, 4.69) is 25.8 Å². The second-order valence-electron chi connectivity index (χ2n) is 5.55. The van der Waals surface area contributed by atoms with Gasteiger partial charge >= 0.3 is 0 Å². The van der Waals surface area contributed by atoms with Gasteiger partial charge in [-0.2, -0.15) is 0 Å². The normalized spacial score (nSPS) is 25.7. The molecule has 2 unspecified atom stereocenters. The average Bonchev–Trinajstić information content (AvgIpc) is 2.30. The lowest BCUT2D eigenvalue weighted by Gasteiger charge is -2.34. The molecule has 0 aromatic heterocycles. The third-order valence-corrected chi connectivity index (χ3v) is 3.79. The van der Waals surface area contributed by atoms with Crippen LogP contribution >= 0.6 is 0 Å². The minimum atomic E-state index is 0.253. The van der Waals surface area contributed by atoms with E-state index in [1.807, 2.05) is 0 Å². The molecule has 96 valence electrons. The summed E-state index contributed by atoms with van der Waals surface area (Å²) in [6.07, 6.45) is 5.35. The predicted octanol–water partition coefficient (Wildman–Crippen LogP) is 1.86. The van der Waals surface area contributed by atoms with E-state index in [-0.39, 0.29) is 5.41 Å². The quantitative estimate of drug-likeness (QED) is 0.754. The van der Waals surface area contributed by atoms with Crippen molar-refractivity contribution in [2.75, 3.05) is 33.3 Å². The lowest BCUT2D eigenvalue weighted by Crippen LogP contribution is -2.42. The maximum Gasteiger partial charge on any atom is 0.0701 e. The van der Waals surface area contributed by atoms with Crippen LogP contribution in [0.2, 0.25) is 0 Å². The Morgan fingerprint density at radius 3 is 2.69 bits per heavy atom. The highest BCUT2D eigenvalue weighted by atomic mass is 16.5. The van der Waals surface area contributed by atoms with Gasteiger partial charge in [0.1, 0.15) is 0 Å². The molecule has 0 amide bonds.